The van der Waals surface area contributed by atoms with Crippen molar-refractivity contribution in [3.8, 4) is 11.3 Å². The van der Waals surface area contributed by atoms with E-state index in [9.17, 15) is 4.79 Å². The highest BCUT2D eigenvalue weighted by atomic mass is 32.1. The zero-order valence-electron chi connectivity index (χ0n) is 14.4. The zero-order chi connectivity index (χ0) is 17.2. The molecular formula is C18H23N3O2S. The lowest BCUT2D eigenvalue weighted by atomic mass is 10.0. The normalized spacial score (nSPS) is 18.5. The molecule has 0 aliphatic carbocycles. The van der Waals surface area contributed by atoms with Crippen molar-refractivity contribution < 1.29 is 9.53 Å². The highest BCUT2D eigenvalue weighted by molar-refractivity contribution is 7.10. The van der Waals surface area contributed by atoms with Crippen molar-refractivity contribution in [2.75, 3.05) is 6.54 Å². The van der Waals surface area contributed by atoms with Gasteiger partial charge in [0.25, 0.3) is 0 Å². The predicted molar refractivity (Wildman–Crippen MR) is 94.9 cm³/mol. The molecule has 1 atom stereocenters. The number of piperidine rings is 1. The number of carbonyl (C=O) groups excluding carboxylic acids is 1. The first-order chi connectivity index (χ1) is 11.4. The average Bonchev–Trinajstić information content (AvgIpc) is 3.04. The number of nitrogens with zero attached hydrogens (tertiary/aromatic N) is 3. The van der Waals surface area contributed by atoms with E-state index < -0.39 is 5.60 Å². The first-order valence-corrected chi connectivity index (χ1v) is 9.17. The second-order valence-electron chi connectivity index (χ2n) is 6.99. The van der Waals surface area contributed by atoms with Gasteiger partial charge in [0.2, 0.25) is 0 Å². The van der Waals surface area contributed by atoms with Crippen molar-refractivity contribution in [2.24, 2.45) is 0 Å². The maximum absolute atomic E-state index is 12.5. The summed E-state index contributed by atoms with van der Waals surface area (Å²) in [6.07, 6.45) is 6.34. The molecule has 5 nitrogen and oxygen atoms in total. The molecule has 0 aromatic carbocycles. The molecule has 128 valence electrons. The maximum Gasteiger partial charge on any atom is 0.410 e. The molecule has 0 spiro atoms. The monoisotopic (exact) mass is 345 g/mol. The minimum Gasteiger partial charge on any atom is -0.444 e. The molecule has 0 saturated carbocycles. The standard InChI is InChI=1S/C18H23N3O2S/c1-18(2,3)23-17(22)21-11-5-4-6-15(21)16-20-14(12-24-16)13-7-9-19-10-8-13/h7-10,12,15H,4-6,11H2,1-3H3/t15-/m1/s1. The van der Waals surface area contributed by atoms with Gasteiger partial charge in [0.05, 0.1) is 11.7 Å². The fourth-order valence-corrected chi connectivity index (χ4v) is 3.80. The van der Waals surface area contributed by atoms with Gasteiger partial charge in [-0.1, -0.05) is 0 Å². The highest BCUT2D eigenvalue weighted by Gasteiger charge is 2.33. The minimum atomic E-state index is -0.482. The smallest absolute Gasteiger partial charge is 0.410 e. The van der Waals surface area contributed by atoms with Gasteiger partial charge in [-0.2, -0.15) is 0 Å². The van der Waals surface area contributed by atoms with E-state index in [0.717, 1.165) is 42.1 Å². The largest absolute Gasteiger partial charge is 0.444 e. The second kappa shape index (κ2) is 6.89. The molecule has 1 fully saturated rings. The Balaban J connectivity index is 1.81. The van der Waals surface area contributed by atoms with Crippen molar-refractivity contribution in [2.45, 2.75) is 51.7 Å². The van der Waals surface area contributed by atoms with E-state index in [-0.39, 0.29) is 12.1 Å². The fraction of sp³-hybridized carbons (Fsp3) is 0.500. The Morgan fingerprint density at radius 1 is 1.29 bits per heavy atom. The van der Waals surface area contributed by atoms with Gasteiger partial charge < -0.3 is 4.74 Å². The number of rotatable bonds is 2. The summed E-state index contributed by atoms with van der Waals surface area (Å²) in [6, 6.07) is 3.91. The summed E-state index contributed by atoms with van der Waals surface area (Å²) in [4.78, 5) is 23.2. The van der Waals surface area contributed by atoms with Crippen LogP contribution in [0.5, 0.6) is 0 Å². The van der Waals surface area contributed by atoms with Crippen molar-refractivity contribution in [3.05, 3.63) is 34.9 Å². The van der Waals surface area contributed by atoms with E-state index in [0.29, 0.717) is 0 Å². The molecule has 1 saturated heterocycles. The summed E-state index contributed by atoms with van der Waals surface area (Å²) >= 11 is 1.61. The summed E-state index contributed by atoms with van der Waals surface area (Å²) in [5, 5.41) is 3.03. The Bertz CT molecular complexity index is 694. The molecule has 3 heterocycles. The molecule has 6 heteroatoms. The van der Waals surface area contributed by atoms with E-state index in [2.05, 4.69) is 4.98 Å². The quantitative estimate of drug-likeness (QED) is 0.794. The minimum absolute atomic E-state index is 0.00851. The maximum atomic E-state index is 12.5. The number of ether oxygens (including phenoxy) is 1. The third-order valence-corrected chi connectivity index (χ3v) is 4.86. The summed E-state index contributed by atoms with van der Waals surface area (Å²) in [7, 11) is 0. The summed E-state index contributed by atoms with van der Waals surface area (Å²) in [5.74, 6) is 0. The molecule has 0 N–H and O–H groups in total. The van der Waals surface area contributed by atoms with Crippen LogP contribution in [0.3, 0.4) is 0 Å². The van der Waals surface area contributed by atoms with E-state index in [1.165, 1.54) is 0 Å². The fourth-order valence-electron chi connectivity index (χ4n) is 2.82. The number of hydrogen-bond donors (Lipinski definition) is 0. The number of carbonyl (C=O) groups is 1. The van der Waals surface area contributed by atoms with Crippen molar-refractivity contribution in [3.63, 3.8) is 0 Å². The number of amides is 1. The van der Waals surface area contributed by atoms with Crippen molar-refractivity contribution in [1.82, 2.24) is 14.9 Å². The Hall–Kier alpha value is -1.95. The summed E-state index contributed by atoms with van der Waals surface area (Å²) in [5.41, 5.74) is 1.50. The average molecular weight is 345 g/mol. The van der Waals surface area contributed by atoms with Gasteiger partial charge in [-0.3, -0.25) is 9.88 Å². The van der Waals surface area contributed by atoms with Gasteiger partial charge in [0, 0.05) is 29.9 Å². The lowest BCUT2D eigenvalue weighted by molar-refractivity contribution is 0.00950. The molecule has 1 aliphatic heterocycles. The first-order valence-electron chi connectivity index (χ1n) is 8.29. The Morgan fingerprint density at radius 2 is 2.04 bits per heavy atom. The molecule has 1 aliphatic rings. The van der Waals surface area contributed by atoms with Crippen LogP contribution >= 0.6 is 11.3 Å². The Labute approximate surface area is 146 Å². The Morgan fingerprint density at radius 3 is 2.75 bits per heavy atom. The molecule has 24 heavy (non-hydrogen) atoms. The zero-order valence-corrected chi connectivity index (χ0v) is 15.2. The topological polar surface area (TPSA) is 55.3 Å². The number of aromatic nitrogens is 2. The number of hydrogen-bond acceptors (Lipinski definition) is 5. The molecule has 1 amide bonds. The third kappa shape index (κ3) is 3.93. The molecule has 0 radical (unpaired) electrons. The SMILES string of the molecule is CC(C)(C)OC(=O)N1CCCC[C@@H]1c1nc(-c2ccncc2)cs1. The van der Waals surface area contributed by atoms with Crippen LogP contribution < -0.4 is 0 Å². The van der Waals surface area contributed by atoms with E-state index in [1.54, 1.807) is 23.7 Å². The third-order valence-electron chi connectivity index (χ3n) is 3.91. The number of pyridine rings is 1. The summed E-state index contributed by atoms with van der Waals surface area (Å²) in [6.45, 7) is 6.42. The van der Waals surface area contributed by atoms with Crippen LogP contribution in [-0.2, 0) is 4.74 Å². The van der Waals surface area contributed by atoms with Crippen LogP contribution in [0.4, 0.5) is 4.79 Å². The highest BCUT2D eigenvalue weighted by Crippen LogP contribution is 2.35. The van der Waals surface area contributed by atoms with Gasteiger partial charge in [-0.05, 0) is 52.2 Å². The van der Waals surface area contributed by atoms with E-state index >= 15 is 0 Å². The van der Waals surface area contributed by atoms with E-state index in [4.69, 9.17) is 9.72 Å². The van der Waals surface area contributed by atoms with Crippen LogP contribution in [0.1, 0.15) is 51.1 Å². The molecular weight excluding hydrogens is 322 g/mol. The molecule has 2 aromatic heterocycles. The van der Waals surface area contributed by atoms with Gasteiger partial charge in [-0.25, -0.2) is 9.78 Å². The van der Waals surface area contributed by atoms with Crippen LogP contribution in [0, 0.1) is 0 Å². The van der Waals surface area contributed by atoms with Gasteiger partial charge in [0.1, 0.15) is 10.6 Å². The Kier molecular flexibility index (Phi) is 4.85. The molecule has 3 rings (SSSR count). The van der Waals surface area contributed by atoms with Crippen LogP contribution in [0.15, 0.2) is 29.9 Å². The number of likely N-dealkylation sites (tertiary alicyclic amines) is 1. The molecule has 2 aromatic rings. The van der Waals surface area contributed by atoms with Crippen molar-refractivity contribution in [1.29, 1.82) is 0 Å². The number of thiazole rings is 1. The van der Waals surface area contributed by atoms with Crippen LogP contribution in [-0.4, -0.2) is 33.1 Å². The lowest BCUT2D eigenvalue weighted by Crippen LogP contribution is -2.41. The van der Waals surface area contributed by atoms with Gasteiger partial charge >= 0.3 is 6.09 Å². The first kappa shape index (κ1) is 16.9. The van der Waals surface area contributed by atoms with E-state index in [1.807, 2.05) is 43.2 Å². The van der Waals surface area contributed by atoms with Crippen molar-refractivity contribution >= 4 is 17.4 Å². The molecule has 0 unspecified atom stereocenters. The predicted octanol–water partition coefficient (Wildman–Crippen LogP) is 4.67. The lowest BCUT2D eigenvalue weighted by Gasteiger charge is -2.35. The summed E-state index contributed by atoms with van der Waals surface area (Å²) < 4.78 is 5.58. The van der Waals surface area contributed by atoms with Crippen LogP contribution in [0.2, 0.25) is 0 Å². The second-order valence-corrected chi connectivity index (χ2v) is 7.88. The molecule has 0 bridgehead atoms. The van der Waals surface area contributed by atoms with Crippen LogP contribution in [0.25, 0.3) is 11.3 Å². The van der Waals surface area contributed by atoms with Gasteiger partial charge in [-0.15, -0.1) is 11.3 Å². The van der Waals surface area contributed by atoms with Gasteiger partial charge in [0.15, 0.2) is 0 Å².